The number of hydrogen-bond acceptors (Lipinski definition) is 3. The summed E-state index contributed by atoms with van der Waals surface area (Å²) in [5, 5.41) is 3.68. The van der Waals surface area contributed by atoms with Crippen LogP contribution in [0.2, 0.25) is 0 Å². The van der Waals surface area contributed by atoms with E-state index in [0.29, 0.717) is 11.5 Å². The summed E-state index contributed by atoms with van der Waals surface area (Å²) < 4.78 is 1.06. The van der Waals surface area contributed by atoms with Crippen molar-refractivity contribution < 1.29 is 0 Å². The van der Waals surface area contributed by atoms with Gasteiger partial charge in [-0.15, -0.1) is 0 Å². The van der Waals surface area contributed by atoms with Gasteiger partial charge in [-0.2, -0.15) is 0 Å². The molecule has 1 aromatic heterocycles. The van der Waals surface area contributed by atoms with Gasteiger partial charge in [0.1, 0.15) is 0 Å². The molecule has 1 aliphatic rings. The summed E-state index contributed by atoms with van der Waals surface area (Å²) >= 11 is 3.49. The number of nitrogens with zero attached hydrogens (tertiary/aromatic N) is 2. The molecule has 0 saturated carbocycles. The maximum Gasteiger partial charge on any atom is 0.0410 e. The normalized spacial score (nSPS) is 22.2. The second-order valence-electron chi connectivity index (χ2n) is 6.47. The topological polar surface area (TPSA) is 28.2 Å². The van der Waals surface area contributed by atoms with Gasteiger partial charge in [-0.1, -0.05) is 20.8 Å². The van der Waals surface area contributed by atoms with E-state index < -0.39 is 0 Å². The van der Waals surface area contributed by atoms with Crippen LogP contribution in [0.3, 0.4) is 0 Å². The summed E-state index contributed by atoms with van der Waals surface area (Å²) in [6, 6.07) is 2.72. The van der Waals surface area contributed by atoms with E-state index in [2.05, 4.69) is 58.0 Å². The van der Waals surface area contributed by atoms with Crippen molar-refractivity contribution in [1.82, 2.24) is 15.2 Å². The molecule has 4 heteroatoms. The van der Waals surface area contributed by atoms with Gasteiger partial charge in [-0.3, -0.25) is 9.88 Å². The lowest BCUT2D eigenvalue weighted by Gasteiger charge is -2.33. The maximum atomic E-state index is 4.25. The number of pyridine rings is 1. The van der Waals surface area contributed by atoms with Crippen molar-refractivity contribution in [1.29, 1.82) is 0 Å². The lowest BCUT2D eigenvalue weighted by Crippen LogP contribution is -2.46. The first-order valence-electron chi connectivity index (χ1n) is 7.00. The second kappa shape index (κ2) is 6.33. The van der Waals surface area contributed by atoms with Crippen molar-refractivity contribution in [3.05, 3.63) is 28.5 Å². The fourth-order valence-corrected chi connectivity index (χ4v) is 2.93. The Morgan fingerprint density at radius 3 is 2.89 bits per heavy atom. The Kier molecular flexibility index (Phi) is 4.98. The van der Waals surface area contributed by atoms with Crippen LogP contribution in [0.4, 0.5) is 0 Å². The van der Waals surface area contributed by atoms with Crippen LogP contribution in [0.5, 0.6) is 0 Å². The predicted molar refractivity (Wildman–Crippen MR) is 83.1 cm³/mol. The Morgan fingerprint density at radius 2 is 2.21 bits per heavy atom. The fraction of sp³-hybridized carbons (Fsp3) is 0.667. The van der Waals surface area contributed by atoms with Gasteiger partial charge in [-0.25, -0.2) is 0 Å². The third-order valence-corrected chi connectivity index (χ3v) is 4.13. The second-order valence-corrected chi connectivity index (χ2v) is 7.39. The molecule has 0 bridgehead atoms. The maximum absolute atomic E-state index is 4.25. The van der Waals surface area contributed by atoms with Gasteiger partial charge in [0.15, 0.2) is 0 Å². The van der Waals surface area contributed by atoms with E-state index in [1.807, 2.05) is 12.4 Å². The zero-order chi connectivity index (χ0) is 13.9. The zero-order valence-corrected chi connectivity index (χ0v) is 13.7. The van der Waals surface area contributed by atoms with E-state index in [9.17, 15) is 0 Å². The first-order chi connectivity index (χ1) is 8.95. The summed E-state index contributed by atoms with van der Waals surface area (Å²) in [7, 11) is 0. The Bertz CT molecular complexity index is 414. The lowest BCUT2D eigenvalue weighted by atomic mass is 9.86. The van der Waals surface area contributed by atoms with Crippen molar-refractivity contribution in [3.63, 3.8) is 0 Å². The molecule has 3 nitrogen and oxygen atoms in total. The highest BCUT2D eigenvalue weighted by Crippen LogP contribution is 2.22. The van der Waals surface area contributed by atoms with E-state index in [-0.39, 0.29) is 0 Å². The van der Waals surface area contributed by atoms with Gasteiger partial charge < -0.3 is 5.32 Å². The van der Waals surface area contributed by atoms with Crippen LogP contribution in [0.15, 0.2) is 22.9 Å². The third kappa shape index (κ3) is 4.55. The fourth-order valence-electron chi connectivity index (χ4n) is 2.52. The molecule has 2 rings (SSSR count). The smallest absolute Gasteiger partial charge is 0.0410 e. The molecule has 1 fully saturated rings. The van der Waals surface area contributed by atoms with Crippen LogP contribution >= 0.6 is 15.9 Å². The van der Waals surface area contributed by atoms with Crippen molar-refractivity contribution in [2.75, 3.05) is 19.6 Å². The molecule has 0 aliphatic carbocycles. The summed E-state index contributed by atoms with van der Waals surface area (Å²) in [4.78, 5) is 6.79. The molecule has 2 heterocycles. The molecule has 0 aromatic carbocycles. The van der Waals surface area contributed by atoms with E-state index in [0.717, 1.165) is 30.7 Å². The average molecular weight is 326 g/mol. The predicted octanol–water partition coefficient (Wildman–Crippen LogP) is 3.05. The molecule has 0 amide bonds. The number of nitrogens with one attached hydrogen (secondary N) is 1. The number of halogens is 1. The van der Waals surface area contributed by atoms with E-state index in [4.69, 9.17) is 0 Å². The highest BCUT2D eigenvalue weighted by Gasteiger charge is 2.27. The van der Waals surface area contributed by atoms with Crippen molar-refractivity contribution >= 4 is 15.9 Å². The zero-order valence-electron chi connectivity index (χ0n) is 12.1. The largest absolute Gasteiger partial charge is 0.312 e. The number of aromatic nitrogens is 1. The van der Waals surface area contributed by atoms with Crippen LogP contribution in [-0.2, 0) is 6.54 Å². The molecule has 1 unspecified atom stereocenters. The highest BCUT2D eigenvalue weighted by atomic mass is 79.9. The van der Waals surface area contributed by atoms with Crippen LogP contribution in [0, 0.1) is 5.41 Å². The van der Waals surface area contributed by atoms with E-state index in [1.165, 1.54) is 12.0 Å². The van der Waals surface area contributed by atoms with Crippen molar-refractivity contribution in [2.24, 2.45) is 5.41 Å². The quantitative estimate of drug-likeness (QED) is 0.905. The molecular formula is C15H24BrN3. The molecule has 0 spiro atoms. The van der Waals surface area contributed by atoms with E-state index >= 15 is 0 Å². The van der Waals surface area contributed by atoms with Crippen LogP contribution in [0.1, 0.15) is 32.8 Å². The molecule has 1 atom stereocenters. The van der Waals surface area contributed by atoms with Crippen molar-refractivity contribution in [3.8, 4) is 0 Å². The highest BCUT2D eigenvalue weighted by molar-refractivity contribution is 9.10. The Balaban J connectivity index is 2.02. The standard InChI is InChI=1S/C15H24BrN3/c1-15(2,3)14-11-19(6-4-5-18-14)10-12-7-13(16)9-17-8-12/h7-9,14,18H,4-6,10-11H2,1-3H3. The first-order valence-corrected chi connectivity index (χ1v) is 7.79. The van der Waals surface area contributed by atoms with Gasteiger partial charge in [0.25, 0.3) is 0 Å². The summed E-state index contributed by atoms with van der Waals surface area (Å²) in [5.74, 6) is 0. The molecular weight excluding hydrogens is 302 g/mol. The minimum Gasteiger partial charge on any atom is -0.312 e. The SMILES string of the molecule is CC(C)(C)C1CN(Cc2cncc(Br)c2)CCCN1. The van der Waals surface area contributed by atoms with Gasteiger partial charge >= 0.3 is 0 Å². The van der Waals surface area contributed by atoms with Gasteiger partial charge in [0, 0.05) is 36.0 Å². The minimum atomic E-state index is 0.304. The Labute approximate surface area is 124 Å². The molecule has 19 heavy (non-hydrogen) atoms. The van der Waals surface area contributed by atoms with Crippen molar-refractivity contribution in [2.45, 2.75) is 39.8 Å². The van der Waals surface area contributed by atoms with Crippen LogP contribution in [0.25, 0.3) is 0 Å². The molecule has 1 aliphatic heterocycles. The molecule has 1 aromatic rings. The summed E-state index contributed by atoms with van der Waals surface area (Å²) in [6.45, 7) is 11.3. The summed E-state index contributed by atoms with van der Waals surface area (Å²) in [5.41, 5.74) is 1.59. The Hall–Kier alpha value is -0.450. The number of rotatable bonds is 2. The van der Waals surface area contributed by atoms with Crippen LogP contribution in [-0.4, -0.2) is 35.6 Å². The van der Waals surface area contributed by atoms with E-state index in [1.54, 1.807) is 0 Å². The molecule has 106 valence electrons. The van der Waals surface area contributed by atoms with Gasteiger partial charge in [-0.05, 0) is 52.5 Å². The third-order valence-electron chi connectivity index (χ3n) is 3.70. The molecule has 0 radical (unpaired) electrons. The molecule has 1 N–H and O–H groups in total. The summed E-state index contributed by atoms with van der Waals surface area (Å²) in [6.07, 6.45) is 5.02. The first kappa shape index (κ1) is 14.9. The Morgan fingerprint density at radius 1 is 1.42 bits per heavy atom. The van der Waals surface area contributed by atoms with Crippen LogP contribution < -0.4 is 5.32 Å². The molecule has 1 saturated heterocycles. The minimum absolute atomic E-state index is 0.304. The number of hydrogen-bond donors (Lipinski definition) is 1. The van der Waals surface area contributed by atoms with Gasteiger partial charge in [0.2, 0.25) is 0 Å². The average Bonchev–Trinajstić information content (AvgIpc) is 2.54. The van der Waals surface area contributed by atoms with Gasteiger partial charge in [0.05, 0.1) is 0 Å². The monoisotopic (exact) mass is 325 g/mol. The lowest BCUT2D eigenvalue weighted by molar-refractivity contribution is 0.192.